The van der Waals surface area contributed by atoms with Crippen LogP contribution < -0.4 is 9.62 Å². The average Bonchev–Trinajstić information content (AvgIpc) is 2.77. The van der Waals surface area contributed by atoms with Crippen LogP contribution in [-0.2, 0) is 29.6 Å². The number of ether oxygens (including phenoxy) is 1. The Hall–Kier alpha value is -2.18. The third-order valence-corrected chi connectivity index (χ3v) is 8.45. The lowest BCUT2D eigenvalue weighted by Gasteiger charge is -2.30. The quantitative estimate of drug-likeness (QED) is 0.578. The number of benzene rings is 2. The normalized spacial score (nSPS) is 16.2. The van der Waals surface area contributed by atoms with Crippen molar-refractivity contribution in [2.24, 2.45) is 0 Å². The molecule has 0 radical (unpaired) electrons. The largest absolute Gasteiger partial charge is 0.379 e. The molecule has 12 heteroatoms. The van der Waals surface area contributed by atoms with Gasteiger partial charge in [0.25, 0.3) is 0 Å². The van der Waals surface area contributed by atoms with E-state index in [9.17, 15) is 21.6 Å². The van der Waals surface area contributed by atoms with Crippen molar-refractivity contribution in [1.82, 2.24) is 4.31 Å². The van der Waals surface area contributed by atoms with Crippen LogP contribution in [0, 0.1) is 0 Å². The molecule has 2 aromatic carbocycles. The molecule has 1 saturated heterocycles. The molecule has 1 N–H and O–H groups in total. The Balaban J connectivity index is 1.81. The minimum Gasteiger partial charge on any atom is -0.379 e. The molecule has 0 bridgehead atoms. The number of nitrogens with zero attached hydrogens (tertiary/aromatic N) is 2. The fourth-order valence-electron chi connectivity index (χ4n) is 3.55. The summed E-state index contributed by atoms with van der Waals surface area (Å²) in [7, 11) is -7.46. The van der Waals surface area contributed by atoms with Gasteiger partial charge in [0, 0.05) is 23.8 Å². The zero-order valence-electron chi connectivity index (χ0n) is 18.3. The Morgan fingerprint density at radius 1 is 1.12 bits per heavy atom. The summed E-state index contributed by atoms with van der Waals surface area (Å²) in [6.07, 6.45) is 1.23. The monoisotopic (exact) mass is 515 g/mol. The second kappa shape index (κ2) is 10.4. The minimum absolute atomic E-state index is 0.103. The highest BCUT2D eigenvalue weighted by molar-refractivity contribution is 7.92. The van der Waals surface area contributed by atoms with Crippen LogP contribution in [0.1, 0.15) is 13.3 Å². The van der Waals surface area contributed by atoms with E-state index in [1.807, 2.05) is 0 Å². The third-order valence-electron chi connectivity index (χ3n) is 5.12. The van der Waals surface area contributed by atoms with Gasteiger partial charge in [-0.1, -0.05) is 24.6 Å². The molecule has 1 unspecified atom stereocenters. The van der Waals surface area contributed by atoms with Crippen LogP contribution in [0.25, 0.3) is 0 Å². The highest BCUT2D eigenvalue weighted by Crippen LogP contribution is 2.26. The molecule has 9 nitrogen and oxygen atoms in total. The predicted molar refractivity (Wildman–Crippen MR) is 128 cm³/mol. The first-order valence-corrected chi connectivity index (χ1v) is 13.9. The van der Waals surface area contributed by atoms with Gasteiger partial charge in [0.2, 0.25) is 26.0 Å². The minimum atomic E-state index is -3.80. The Morgan fingerprint density at radius 2 is 1.76 bits per heavy atom. The molecule has 0 aliphatic carbocycles. The Bertz CT molecular complexity index is 1200. The summed E-state index contributed by atoms with van der Waals surface area (Å²) in [4.78, 5) is 13.1. The number of nitrogens with one attached hydrogen (secondary N) is 1. The van der Waals surface area contributed by atoms with Crippen molar-refractivity contribution in [3.63, 3.8) is 0 Å². The number of rotatable bonds is 8. The summed E-state index contributed by atoms with van der Waals surface area (Å²) in [5.41, 5.74) is 0.623. The van der Waals surface area contributed by atoms with Gasteiger partial charge >= 0.3 is 0 Å². The van der Waals surface area contributed by atoms with Crippen LogP contribution in [0.4, 0.5) is 11.4 Å². The summed E-state index contributed by atoms with van der Waals surface area (Å²) < 4.78 is 58.2. The molecule has 33 heavy (non-hydrogen) atoms. The van der Waals surface area contributed by atoms with E-state index in [4.69, 9.17) is 16.3 Å². The lowest BCUT2D eigenvalue weighted by molar-refractivity contribution is -0.117. The van der Waals surface area contributed by atoms with E-state index in [1.54, 1.807) is 25.1 Å². The van der Waals surface area contributed by atoms with E-state index in [0.717, 1.165) is 10.6 Å². The maximum Gasteiger partial charge on any atom is 0.248 e. The number of anilines is 2. The standard InChI is InChI=1S/C21H26ClN3O6S2/c1-3-20(25(32(2,27)28)18-6-4-5-16(22)15-18)21(26)23-17-7-9-19(10-8-17)33(29,30)24-11-13-31-14-12-24/h4-10,15,20H,3,11-14H2,1-2H3,(H,23,26). The van der Waals surface area contributed by atoms with Crippen molar-refractivity contribution >= 4 is 48.9 Å². The van der Waals surface area contributed by atoms with Gasteiger partial charge < -0.3 is 10.1 Å². The maximum atomic E-state index is 13.0. The topological polar surface area (TPSA) is 113 Å². The number of morpholine rings is 1. The van der Waals surface area contributed by atoms with Gasteiger partial charge in [-0.15, -0.1) is 0 Å². The highest BCUT2D eigenvalue weighted by Gasteiger charge is 2.32. The van der Waals surface area contributed by atoms with E-state index in [0.29, 0.717) is 23.9 Å². The molecule has 2 aromatic rings. The van der Waals surface area contributed by atoms with Crippen LogP contribution in [0.5, 0.6) is 0 Å². The van der Waals surface area contributed by atoms with Crippen molar-refractivity contribution in [3.05, 3.63) is 53.6 Å². The number of hydrogen-bond donors (Lipinski definition) is 1. The average molecular weight is 516 g/mol. The van der Waals surface area contributed by atoms with Gasteiger partial charge in [-0.3, -0.25) is 9.10 Å². The van der Waals surface area contributed by atoms with Crippen molar-refractivity contribution in [2.45, 2.75) is 24.3 Å². The van der Waals surface area contributed by atoms with Gasteiger partial charge in [0.05, 0.1) is 30.1 Å². The number of carbonyl (C=O) groups excluding carboxylic acids is 1. The molecular weight excluding hydrogens is 490 g/mol. The van der Waals surface area contributed by atoms with Crippen LogP contribution in [-0.4, -0.2) is 65.6 Å². The molecule has 0 aromatic heterocycles. The Labute approximate surface area is 199 Å². The molecule has 180 valence electrons. The number of halogens is 1. The third kappa shape index (κ3) is 6.04. The predicted octanol–water partition coefficient (Wildman–Crippen LogP) is 2.54. The zero-order valence-corrected chi connectivity index (χ0v) is 20.7. The molecule has 1 aliphatic heterocycles. The van der Waals surface area contributed by atoms with Crippen molar-refractivity contribution in [3.8, 4) is 0 Å². The smallest absolute Gasteiger partial charge is 0.248 e. The SMILES string of the molecule is CCC(C(=O)Nc1ccc(S(=O)(=O)N2CCOCC2)cc1)N(c1cccc(Cl)c1)S(C)(=O)=O. The first-order chi connectivity index (χ1) is 15.5. The fraction of sp³-hybridized carbons (Fsp3) is 0.381. The maximum absolute atomic E-state index is 13.0. The molecule has 1 fully saturated rings. The van der Waals surface area contributed by atoms with E-state index in [1.165, 1.54) is 34.6 Å². The van der Waals surface area contributed by atoms with Gasteiger partial charge in [0.1, 0.15) is 6.04 Å². The van der Waals surface area contributed by atoms with Crippen LogP contribution >= 0.6 is 11.6 Å². The molecule has 1 amide bonds. The van der Waals surface area contributed by atoms with E-state index in [-0.39, 0.29) is 30.1 Å². The summed E-state index contributed by atoms with van der Waals surface area (Å²) in [6.45, 7) is 2.95. The zero-order chi connectivity index (χ0) is 24.2. The molecule has 1 heterocycles. The van der Waals surface area contributed by atoms with Crippen molar-refractivity contribution in [1.29, 1.82) is 0 Å². The fourth-order valence-corrected chi connectivity index (χ4v) is 6.34. The number of hydrogen-bond acceptors (Lipinski definition) is 6. The summed E-state index contributed by atoms with van der Waals surface area (Å²) in [5, 5.41) is 3.02. The van der Waals surface area contributed by atoms with Crippen LogP contribution in [0.15, 0.2) is 53.4 Å². The Morgan fingerprint density at radius 3 is 2.30 bits per heavy atom. The van der Waals surface area contributed by atoms with Gasteiger partial charge in [-0.2, -0.15) is 4.31 Å². The summed E-state index contributed by atoms with van der Waals surface area (Å²) in [5.74, 6) is -0.549. The molecule has 3 rings (SSSR count). The second-order valence-electron chi connectivity index (χ2n) is 7.49. The second-order valence-corrected chi connectivity index (χ2v) is 11.7. The van der Waals surface area contributed by atoms with Crippen molar-refractivity contribution < 1.29 is 26.4 Å². The number of sulfonamides is 2. The van der Waals surface area contributed by atoms with Gasteiger partial charge in [0.15, 0.2) is 0 Å². The van der Waals surface area contributed by atoms with Crippen LogP contribution in [0.2, 0.25) is 5.02 Å². The van der Waals surface area contributed by atoms with E-state index in [2.05, 4.69) is 5.32 Å². The van der Waals surface area contributed by atoms with Gasteiger partial charge in [-0.25, -0.2) is 16.8 Å². The Kier molecular flexibility index (Phi) is 8.01. The first-order valence-electron chi connectivity index (χ1n) is 10.3. The van der Waals surface area contributed by atoms with Crippen LogP contribution in [0.3, 0.4) is 0 Å². The van der Waals surface area contributed by atoms with Gasteiger partial charge in [-0.05, 0) is 48.9 Å². The molecule has 0 saturated carbocycles. The van der Waals surface area contributed by atoms with Crippen molar-refractivity contribution in [2.75, 3.05) is 42.2 Å². The number of amides is 1. The molecular formula is C21H26ClN3O6S2. The molecule has 0 spiro atoms. The van der Waals surface area contributed by atoms with E-state index >= 15 is 0 Å². The lowest BCUT2D eigenvalue weighted by atomic mass is 10.2. The summed E-state index contributed by atoms with van der Waals surface area (Å²) >= 11 is 6.02. The molecule has 1 aliphatic rings. The summed E-state index contributed by atoms with van der Waals surface area (Å²) in [6, 6.07) is 11.0. The highest BCUT2D eigenvalue weighted by atomic mass is 35.5. The molecule has 1 atom stereocenters. The number of carbonyl (C=O) groups is 1. The first kappa shape index (κ1) is 25.4. The van der Waals surface area contributed by atoms with E-state index < -0.39 is 32.0 Å². The lowest BCUT2D eigenvalue weighted by Crippen LogP contribution is -2.47.